The summed E-state index contributed by atoms with van der Waals surface area (Å²) in [5.74, 6) is 0. The topological polar surface area (TPSA) is 30.0 Å². The fourth-order valence-corrected chi connectivity index (χ4v) is 2.23. The van der Waals surface area contributed by atoms with Crippen LogP contribution in [-0.2, 0) is 0 Å². The van der Waals surface area contributed by atoms with Crippen LogP contribution >= 0.6 is 11.8 Å². The number of thioether (sulfide) groups is 1. The van der Waals surface area contributed by atoms with Gasteiger partial charge in [0, 0.05) is 11.8 Å². The molecule has 1 heterocycles. The molecule has 2 nitrogen and oxygen atoms in total. The number of nitrogens with zero attached hydrogens (tertiary/aromatic N) is 1. The second-order valence-corrected chi connectivity index (χ2v) is 4.77. The summed E-state index contributed by atoms with van der Waals surface area (Å²) >= 11 is 1.07. The summed E-state index contributed by atoms with van der Waals surface area (Å²) in [4.78, 5) is 14.8. The summed E-state index contributed by atoms with van der Waals surface area (Å²) in [5.41, 5.74) is 1.36. The summed E-state index contributed by atoms with van der Waals surface area (Å²) in [6.07, 6.45) is 3.48. The second-order valence-electron chi connectivity index (χ2n) is 3.45. The standard InChI is InChI=1S/C10H10FNOS/c1-7-2-5-12-9(8(7)6-13)14-10(11)3-4-10/h2,5-6H,3-4H2,1H3. The molecule has 1 aliphatic rings. The van der Waals surface area contributed by atoms with Crippen molar-refractivity contribution in [1.29, 1.82) is 0 Å². The molecule has 74 valence electrons. The quantitative estimate of drug-likeness (QED) is 0.720. The Bertz CT molecular complexity index is 376. The van der Waals surface area contributed by atoms with Crippen LogP contribution < -0.4 is 0 Å². The number of aldehydes is 1. The summed E-state index contributed by atoms with van der Waals surface area (Å²) in [5, 5.41) is -0.654. The number of halogens is 1. The molecule has 0 radical (unpaired) electrons. The molecule has 0 amide bonds. The van der Waals surface area contributed by atoms with Gasteiger partial charge in [-0.25, -0.2) is 9.37 Å². The van der Waals surface area contributed by atoms with E-state index >= 15 is 0 Å². The van der Waals surface area contributed by atoms with Crippen LogP contribution in [0.5, 0.6) is 0 Å². The zero-order valence-corrected chi connectivity index (χ0v) is 8.60. The zero-order valence-electron chi connectivity index (χ0n) is 7.79. The first kappa shape index (κ1) is 9.65. The predicted molar refractivity (Wildman–Crippen MR) is 53.3 cm³/mol. The van der Waals surface area contributed by atoms with E-state index in [1.165, 1.54) is 0 Å². The van der Waals surface area contributed by atoms with Gasteiger partial charge in [-0.05, 0) is 31.4 Å². The maximum atomic E-state index is 13.4. The van der Waals surface area contributed by atoms with Crippen molar-refractivity contribution in [3.63, 3.8) is 0 Å². The minimum Gasteiger partial charge on any atom is -0.298 e. The van der Waals surface area contributed by atoms with Gasteiger partial charge in [0.25, 0.3) is 0 Å². The Hall–Kier alpha value is -0.900. The van der Waals surface area contributed by atoms with Crippen LogP contribution in [0.15, 0.2) is 17.3 Å². The van der Waals surface area contributed by atoms with E-state index in [-0.39, 0.29) is 0 Å². The highest BCUT2D eigenvalue weighted by molar-refractivity contribution is 8.00. The van der Waals surface area contributed by atoms with Gasteiger partial charge < -0.3 is 0 Å². The number of aryl methyl sites for hydroxylation is 1. The molecule has 0 bridgehead atoms. The maximum Gasteiger partial charge on any atom is 0.162 e. The molecule has 1 aliphatic carbocycles. The summed E-state index contributed by atoms with van der Waals surface area (Å²) < 4.78 is 13.4. The molecule has 1 fully saturated rings. The number of aromatic nitrogens is 1. The third-order valence-corrected chi connectivity index (χ3v) is 3.50. The number of rotatable bonds is 3. The molecular weight excluding hydrogens is 201 g/mol. The summed E-state index contributed by atoms with van der Waals surface area (Å²) in [6, 6.07) is 1.76. The van der Waals surface area contributed by atoms with Crippen molar-refractivity contribution in [2.45, 2.75) is 29.8 Å². The van der Waals surface area contributed by atoms with Gasteiger partial charge >= 0.3 is 0 Å². The molecule has 0 unspecified atom stereocenters. The highest BCUT2D eigenvalue weighted by Crippen LogP contribution is 2.52. The van der Waals surface area contributed by atoms with Gasteiger partial charge in [0.2, 0.25) is 0 Å². The third kappa shape index (κ3) is 1.80. The van der Waals surface area contributed by atoms with Crippen LogP contribution in [0.4, 0.5) is 4.39 Å². The van der Waals surface area contributed by atoms with Crippen LogP contribution in [-0.4, -0.2) is 16.3 Å². The number of hydrogen-bond donors (Lipinski definition) is 0. The predicted octanol–water partition coefficient (Wildman–Crippen LogP) is 2.75. The second kappa shape index (κ2) is 3.35. The third-order valence-electron chi connectivity index (χ3n) is 2.21. The largest absolute Gasteiger partial charge is 0.298 e. The average Bonchev–Trinajstić information content (AvgIpc) is 2.84. The van der Waals surface area contributed by atoms with E-state index in [1.54, 1.807) is 12.3 Å². The van der Waals surface area contributed by atoms with Crippen molar-refractivity contribution < 1.29 is 9.18 Å². The number of alkyl halides is 1. The fraction of sp³-hybridized carbons (Fsp3) is 0.400. The van der Waals surface area contributed by atoms with Crippen molar-refractivity contribution >= 4 is 18.0 Å². The zero-order chi connectivity index (χ0) is 10.2. The van der Waals surface area contributed by atoms with Gasteiger partial charge in [0.15, 0.2) is 11.3 Å². The van der Waals surface area contributed by atoms with E-state index < -0.39 is 5.00 Å². The molecule has 0 spiro atoms. The van der Waals surface area contributed by atoms with Crippen LogP contribution in [0.25, 0.3) is 0 Å². The van der Waals surface area contributed by atoms with Gasteiger partial charge in [-0.3, -0.25) is 4.79 Å². The number of carbonyl (C=O) groups is 1. The summed E-state index contributed by atoms with van der Waals surface area (Å²) in [7, 11) is 0. The van der Waals surface area contributed by atoms with E-state index in [2.05, 4.69) is 4.98 Å². The number of hydrogen-bond acceptors (Lipinski definition) is 3. The average molecular weight is 211 g/mol. The Morgan fingerprint density at radius 3 is 2.93 bits per heavy atom. The van der Waals surface area contributed by atoms with Gasteiger partial charge in [-0.15, -0.1) is 0 Å². The van der Waals surface area contributed by atoms with Crippen molar-refractivity contribution in [3.05, 3.63) is 23.4 Å². The van der Waals surface area contributed by atoms with Crippen molar-refractivity contribution in [3.8, 4) is 0 Å². The Morgan fingerprint density at radius 2 is 2.36 bits per heavy atom. The van der Waals surface area contributed by atoms with Crippen molar-refractivity contribution in [1.82, 2.24) is 4.98 Å². The molecule has 4 heteroatoms. The first-order valence-electron chi connectivity index (χ1n) is 4.43. The molecule has 1 aromatic heterocycles. The Morgan fingerprint density at radius 1 is 1.64 bits per heavy atom. The van der Waals surface area contributed by atoms with Gasteiger partial charge in [0.1, 0.15) is 5.03 Å². The summed E-state index contributed by atoms with van der Waals surface area (Å²) in [6.45, 7) is 1.83. The molecule has 1 aromatic rings. The van der Waals surface area contributed by atoms with Gasteiger partial charge in [0.05, 0.1) is 0 Å². The first-order valence-corrected chi connectivity index (χ1v) is 5.25. The Labute approximate surface area is 85.9 Å². The van der Waals surface area contributed by atoms with E-state index in [1.807, 2.05) is 6.92 Å². The molecule has 1 saturated carbocycles. The first-order chi connectivity index (χ1) is 6.64. The SMILES string of the molecule is Cc1ccnc(SC2(F)CC2)c1C=O. The van der Waals surface area contributed by atoms with E-state index in [0.29, 0.717) is 23.4 Å². The van der Waals surface area contributed by atoms with Gasteiger partial charge in [-0.2, -0.15) is 0 Å². The van der Waals surface area contributed by atoms with E-state index in [9.17, 15) is 9.18 Å². The van der Waals surface area contributed by atoms with Crippen LogP contribution in [0.1, 0.15) is 28.8 Å². The normalized spacial score (nSPS) is 17.9. The lowest BCUT2D eigenvalue weighted by Crippen LogP contribution is -1.98. The lowest BCUT2D eigenvalue weighted by molar-refractivity contribution is 0.111. The van der Waals surface area contributed by atoms with Crippen LogP contribution in [0, 0.1) is 6.92 Å². The minimum atomic E-state index is -1.17. The van der Waals surface area contributed by atoms with E-state index in [0.717, 1.165) is 23.6 Å². The molecule has 0 saturated heterocycles. The van der Waals surface area contributed by atoms with Gasteiger partial charge in [-0.1, -0.05) is 11.8 Å². The van der Waals surface area contributed by atoms with Crippen LogP contribution in [0.2, 0.25) is 0 Å². The lowest BCUT2D eigenvalue weighted by atomic mass is 10.2. The lowest BCUT2D eigenvalue weighted by Gasteiger charge is -2.07. The minimum absolute atomic E-state index is 0.514. The molecular formula is C10H10FNOS. The molecule has 0 N–H and O–H groups in total. The molecule has 0 aliphatic heterocycles. The fourth-order valence-electron chi connectivity index (χ4n) is 1.14. The van der Waals surface area contributed by atoms with Crippen molar-refractivity contribution in [2.75, 3.05) is 0 Å². The van der Waals surface area contributed by atoms with Crippen molar-refractivity contribution in [2.24, 2.45) is 0 Å². The van der Waals surface area contributed by atoms with Crippen LogP contribution in [0.3, 0.4) is 0 Å². The molecule has 0 aromatic carbocycles. The monoisotopic (exact) mass is 211 g/mol. The maximum absolute atomic E-state index is 13.4. The Kier molecular flexibility index (Phi) is 2.31. The smallest absolute Gasteiger partial charge is 0.162 e. The molecule has 0 atom stereocenters. The Balaban J connectivity index is 2.32. The van der Waals surface area contributed by atoms with E-state index in [4.69, 9.17) is 0 Å². The molecule has 2 rings (SSSR count). The molecule has 14 heavy (non-hydrogen) atoms. The number of pyridine rings is 1. The highest BCUT2D eigenvalue weighted by Gasteiger charge is 2.45. The highest BCUT2D eigenvalue weighted by atomic mass is 32.2. The number of carbonyl (C=O) groups excluding carboxylic acids is 1.